The fourth-order valence-electron chi connectivity index (χ4n) is 1.74. The molecule has 3 heteroatoms. The van der Waals surface area contributed by atoms with Gasteiger partial charge in [-0.05, 0) is 29.2 Å². The summed E-state index contributed by atoms with van der Waals surface area (Å²) in [4.78, 5) is 0. The van der Waals surface area contributed by atoms with Crippen molar-refractivity contribution in [2.45, 2.75) is 19.0 Å². The van der Waals surface area contributed by atoms with Crippen molar-refractivity contribution >= 4 is 0 Å². The van der Waals surface area contributed by atoms with Gasteiger partial charge in [0.1, 0.15) is 6.10 Å². The average Bonchev–Trinajstić information content (AvgIpc) is 2.51. The molecule has 0 saturated heterocycles. The molecular formula is C13H12F2O. The van der Waals surface area contributed by atoms with Gasteiger partial charge in [0.2, 0.25) is 0 Å². The van der Waals surface area contributed by atoms with Crippen LogP contribution in [0.25, 0.3) is 0 Å². The number of fused-ring (bicyclic) bond motifs is 1. The van der Waals surface area contributed by atoms with Crippen molar-refractivity contribution in [2.75, 3.05) is 0 Å². The van der Waals surface area contributed by atoms with Gasteiger partial charge in [0, 0.05) is 0 Å². The third-order valence-electron chi connectivity index (χ3n) is 2.63. The predicted octanol–water partition coefficient (Wildman–Crippen LogP) is 2.92. The molecule has 0 fully saturated rings. The summed E-state index contributed by atoms with van der Waals surface area (Å²) in [5.74, 6) is 0. The Kier molecular flexibility index (Phi) is 3.15. The van der Waals surface area contributed by atoms with Crippen LogP contribution >= 0.6 is 0 Å². The van der Waals surface area contributed by atoms with E-state index < -0.39 is 12.5 Å². The summed E-state index contributed by atoms with van der Waals surface area (Å²) >= 11 is 0. The van der Waals surface area contributed by atoms with E-state index in [1.54, 1.807) is 12.2 Å². The molecule has 2 rings (SSSR count). The number of halogens is 2. The molecule has 0 aromatic heterocycles. The van der Waals surface area contributed by atoms with Crippen molar-refractivity contribution in [2.24, 2.45) is 0 Å². The third kappa shape index (κ3) is 2.19. The Labute approximate surface area is 92.8 Å². The van der Waals surface area contributed by atoms with E-state index in [0.717, 1.165) is 11.1 Å². The maximum atomic E-state index is 12.4. The molecule has 0 aliphatic heterocycles. The van der Waals surface area contributed by atoms with E-state index in [1.165, 1.54) is 0 Å². The predicted molar refractivity (Wildman–Crippen MR) is 59.2 cm³/mol. The first-order valence-electron chi connectivity index (χ1n) is 5.11. The summed E-state index contributed by atoms with van der Waals surface area (Å²) in [6.45, 7) is 0. The van der Waals surface area contributed by atoms with Crippen LogP contribution in [0.5, 0.6) is 0 Å². The first kappa shape index (κ1) is 11.0. The quantitative estimate of drug-likeness (QED) is 0.761. The van der Waals surface area contributed by atoms with Crippen molar-refractivity contribution < 1.29 is 13.9 Å². The second-order valence-electron chi connectivity index (χ2n) is 3.72. The molecule has 0 radical (unpaired) electrons. The molecule has 1 atom stereocenters. The molecule has 1 unspecified atom stereocenters. The molecule has 84 valence electrons. The number of allylic oxidation sites excluding steroid dienone is 8. The van der Waals surface area contributed by atoms with Crippen LogP contribution in [0.2, 0.25) is 0 Å². The number of hydrogen-bond acceptors (Lipinski definition) is 1. The van der Waals surface area contributed by atoms with Crippen LogP contribution in [0.4, 0.5) is 8.78 Å². The summed E-state index contributed by atoms with van der Waals surface area (Å²) in [6.07, 6.45) is 8.90. The number of aliphatic hydroxyl groups excluding tert-OH is 1. The molecular weight excluding hydrogens is 210 g/mol. The second kappa shape index (κ2) is 4.58. The molecule has 0 spiro atoms. The smallest absolute Gasteiger partial charge is 0.268 e. The van der Waals surface area contributed by atoms with Crippen molar-refractivity contribution in [3.63, 3.8) is 0 Å². The molecule has 0 heterocycles. The van der Waals surface area contributed by atoms with E-state index in [1.807, 2.05) is 30.4 Å². The molecule has 16 heavy (non-hydrogen) atoms. The fourth-order valence-corrected chi connectivity index (χ4v) is 1.74. The van der Waals surface area contributed by atoms with Crippen LogP contribution in [-0.4, -0.2) is 17.6 Å². The van der Waals surface area contributed by atoms with E-state index in [4.69, 9.17) is 0 Å². The lowest BCUT2D eigenvalue weighted by Crippen LogP contribution is -2.20. The molecule has 2 aliphatic carbocycles. The van der Waals surface area contributed by atoms with Crippen LogP contribution in [0.3, 0.4) is 0 Å². The molecule has 0 bridgehead atoms. The normalized spacial score (nSPS) is 20.9. The maximum absolute atomic E-state index is 12.4. The fraction of sp³-hybridized carbons (Fsp3) is 0.231. The first-order valence-corrected chi connectivity index (χ1v) is 5.11. The highest BCUT2D eigenvalue weighted by molar-refractivity contribution is 5.53. The van der Waals surface area contributed by atoms with Crippen LogP contribution < -0.4 is 0 Å². The van der Waals surface area contributed by atoms with Crippen molar-refractivity contribution in [1.82, 2.24) is 0 Å². The van der Waals surface area contributed by atoms with Crippen LogP contribution in [0.1, 0.15) is 6.42 Å². The summed E-state index contributed by atoms with van der Waals surface area (Å²) in [5, 5.41) is 9.29. The monoisotopic (exact) mass is 222 g/mol. The Morgan fingerprint density at radius 1 is 1.19 bits per heavy atom. The minimum absolute atomic E-state index is 0.300. The summed E-state index contributed by atoms with van der Waals surface area (Å²) in [7, 11) is 0. The van der Waals surface area contributed by atoms with Crippen molar-refractivity contribution in [3.05, 3.63) is 59.3 Å². The third-order valence-corrected chi connectivity index (χ3v) is 2.63. The second-order valence-corrected chi connectivity index (χ2v) is 3.72. The molecule has 2 aliphatic rings. The SMILES string of the molecule is OC(C1=CCC2=CC=CC=CC2=C1)C(F)F. The standard InChI is InChI=1S/C13H12F2O/c14-13(15)12(16)11-7-6-9-4-2-1-3-5-10(9)8-11/h1-5,7-8,12-13,16H,6H2. The topological polar surface area (TPSA) is 20.2 Å². The molecule has 0 aromatic carbocycles. The average molecular weight is 222 g/mol. The molecule has 0 saturated carbocycles. The molecule has 1 nitrogen and oxygen atoms in total. The Balaban J connectivity index is 2.27. The van der Waals surface area contributed by atoms with Gasteiger partial charge in [-0.1, -0.05) is 36.5 Å². The van der Waals surface area contributed by atoms with E-state index in [2.05, 4.69) is 0 Å². The minimum atomic E-state index is -2.73. The van der Waals surface area contributed by atoms with Gasteiger partial charge in [-0.2, -0.15) is 0 Å². The molecule has 0 amide bonds. The lowest BCUT2D eigenvalue weighted by atomic mass is 9.91. The summed E-state index contributed by atoms with van der Waals surface area (Å²) in [6, 6.07) is 0. The van der Waals surface area contributed by atoms with Gasteiger partial charge in [-0.25, -0.2) is 8.78 Å². The van der Waals surface area contributed by atoms with Gasteiger partial charge in [0.25, 0.3) is 6.43 Å². The Morgan fingerprint density at radius 2 is 2.00 bits per heavy atom. The first-order chi connectivity index (χ1) is 7.68. The number of aliphatic hydroxyl groups is 1. The maximum Gasteiger partial charge on any atom is 0.268 e. The zero-order valence-corrected chi connectivity index (χ0v) is 8.61. The van der Waals surface area contributed by atoms with Gasteiger partial charge in [-0.15, -0.1) is 0 Å². The van der Waals surface area contributed by atoms with Gasteiger partial charge in [-0.3, -0.25) is 0 Å². The van der Waals surface area contributed by atoms with E-state index in [9.17, 15) is 13.9 Å². The van der Waals surface area contributed by atoms with E-state index in [-0.39, 0.29) is 0 Å². The highest BCUT2D eigenvalue weighted by atomic mass is 19.3. The van der Waals surface area contributed by atoms with Gasteiger partial charge in [0.05, 0.1) is 0 Å². The number of rotatable bonds is 2. The Morgan fingerprint density at radius 3 is 2.75 bits per heavy atom. The zero-order chi connectivity index (χ0) is 11.5. The van der Waals surface area contributed by atoms with E-state index >= 15 is 0 Å². The zero-order valence-electron chi connectivity index (χ0n) is 8.61. The van der Waals surface area contributed by atoms with Crippen LogP contribution in [0.15, 0.2) is 59.3 Å². The lowest BCUT2D eigenvalue weighted by Gasteiger charge is -2.18. The highest BCUT2D eigenvalue weighted by Crippen LogP contribution is 2.28. The number of hydrogen-bond donors (Lipinski definition) is 1. The van der Waals surface area contributed by atoms with Crippen molar-refractivity contribution in [1.29, 1.82) is 0 Å². The van der Waals surface area contributed by atoms with Gasteiger partial charge >= 0.3 is 0 Å². The molecule has 1 N–H and O–H groups in total. The van der Waals surface area contributed by atoms with E-state index in [0.29, 0.717) is 12.0 Å². The van der Waals surface area contributed by atoms with Gasteiger partial charge < -0.3 is 5.11 Å². The van der Waals surface area contributed by atoms with Crippen molar-refractivity contribution in [3.8, 4) is 0 Å². The van der Waals surface area contributed by atoms with Gasteiger partial charge in [0.15, 0.2) is 0 Å². The molecule has 0 aromatic rings. The minimum Gasteiger partial charge on any atom is -0.382 e. The largest absolute Gasteiger partial charge is 0.382 e. The van der Waals surface area contributed by atoms with Crippen LogP contribution in [0, 0.1) is 0 Å². The summed E-state index contributed by atoms with van der Waals surface area (Å²) < 4.78 is 24.7. The van der Waals surface area contributed by atoms with Crippen LogP contribution in [-0.2, 0) is 0 Å². The number of alkyl halides is 2. The Bertz CT molecular complexity index is 425. The summed E-state index contributed by atoms with van der Waals surface area (Å²) in [5.41, 5.74) is 2.27. The lowest BCUT2D eigenvalue weighted by molar-refractivity contribution is 0.0191. The Hall–Kier alpha value is -1.48. The highest BCUT2D eigenvalue weighted by Gasteiger charge is 2.22.